The summed E-state index contributed by atoms with van der Waals surface area (Å²) in [6, 6.07) is 0. The van der Waals surface area contributed by atoms with E-state index in [4.69, 9.17) is 14.2 Å². The maximum Gasteiger partial charge on any atom is 0.306 e. The summed E-state index contributed by atoms with van der Waals surface area (Å²) in [5, 5.41) is 0. The smallest absolute Gasteiger partial charge is 0.306 e. The number of esters is 3. The number of ether oxygens (including phenoxy) is 3. The Kier molecular flexibility index (Phi) is 61.8. The molecule has 0 aliphatic heterocycles. The fourth-order valence-electron chi connectivity index (χ4n) is 9.18. The van der Waals surface area contributed by atoms with E-state index in [0.29, 0.717) is 19.3 Å². The van der Waals surface area contributed by atoms with Gasteiger partial charge in [0.1, 0.15) is 13.2 Å². The monoisotopic (exact) mass is 1070 g/mol. The van der Waals surface area contributed by atoms with Gasteiger partial charge < -0.3 is 14.2 Å². The lowest BCUT2D eigenvalue weighted by atomic mass is 10.0. The highest BCUT2D eigenvalue weighted by Crippen LogP contribution is 2.17. The van der Waals surface area contributed by atoms with Crippen molar-refractivity contribution in [1.29, 1.82) is 0 Å². The second-order valence-electron chi connectivity index (χ2n) is 21.6. The zero-order valence-corrected chi connectivity index (χ0v) is 50.7. The summed E-state index contributed by atoms with van der Waals surface area (Å²) >= 11 is 0. The van der Waals surface area contributed by atoms with Crippen molar-refractivity contribution < 1.29 is 28.6 Å². The highest BCUT2D eigenvalue weighted by Gasteiger charge is 2.19. The number of carbonyl (C=O) groups excluding carboxylic acids is 3. The molecule has 0 bridgehead atoms. The summed E-state index contributed by atoms with van der Waals surface area (Å²) in [6.45, 7) is 6.44. The molecule has 0 saturated heterocycles. The van der Waals surface area contributed by atoms with E-state index in [0.717, 1.165) is 109 Å². The summed E-state index contributed by atoms with van der Waals surface area (Å²) in [7, 11) is 0. The fraction of sp³-hybridized carbons (Fsp3) is 0.732. The molecule has 1 unspecified atom stereocenters. The average Bonchev–Trinajstić information content (AvgIpc) is 3.43. The molecule has 6 nitrogen and oxygen atoms in total. The van der Waals surface area contributed by atoms with Gasteiger partial charge in [-0.1, -0.05) is 291 Å². The van der Waals surface area contributed by atoms with Crippen molar-refractivity contribution in [2.75, 3.05) is 13.2 Å². The Morgan fingerprint density at radius 3 is 0.818 bits per heavy atom. The van der Waals surface area contributed by atoms with Gasteiger partial charge in [0.25, 0.3) is 0 Å². The minimum absolute atomic E-state index is 0.0759. The lowest BCUT2D eigenvalue weighted by molar-refractivity contribution is -0.167. The van der Waals surface area contributed by atoms with Crippen molar-refractivity contribution in [3.05, 3.63) is 97.2 Å². The van der Waals surface area contributed by atoms with Crippen LogP contribution in [0, 0.1) is 0 Å². The standard InChI is InChI=1S/C71H122O6/c1-4-7-10-13-15-17-19-21-23-25-27-28-29-30-31-32-33-34-35-36-37-38-39-40-41-42-44-45-47-49-51-53-55-58-61-64-70(73)76-67-68(66-75-69(72)63-60-57-12-9-6-3)77-71(74)65-62-59-56-54-52-50-48-46-43-26-24-22-20-18-16-14-11-8-5-2/h7,10,15-18,21-24,27-28,30-31,33-34,68H,4-6,8-9,11-14,19-20,25-26,29,32,35-67H2,1-3H3/b10-7-,17-15-,18-16-,23-21-,24-22-,28-27-,31-30-,34-33-. The molecule has 0 aromatic carbocycles. The summed E-state index contributed by atoms with van der Waals surface area (Å²) in [6.07, 6.45) is 87.6. The Bertz CT molecular complexity index is 1510. The maximum atomic E-state index is 12.8. The SMILES string of the molecule is CC/C=C\C/C=C\C/C=C\C/C=C\C/C=C\C/C=C\CCCCCCCCCCCCCCCCCCC(=O)OCC(COC(=O)CCCCCCC)OC(=O)CCCCCCCCCCC/C=C\C/C=C\CCCCC. The van der Waals surface area contributed by atoms with Crippen molar-refractivity contribution in [1.82, 2.24) is 0 Å². The molecule has 0 aromatic rings. The van der Waals surface area contributed by atoms with E-state index in [1.165, 1.54) is 167 Å². The van der Waals surface area contributed by atoms with Crippen LogP contribution in [0.2, 0.25) is 0 Å². The lowest BCUT2D eigenvalue weighted by Gasteiger charge is -2.18. The minimum atomic E-state index is -0.774. The largest absolute Gasteiger partial charge is 0.462 e. The molecule has 0 amide bonds. The molecule has 1 atom stereocenters. The number of carbonyl (C=O) groups is 3. The van der Waals surface area contributed by atoms with Crippen LogP contribution < -0.4 is 0 Å². The first-order valence-corrected chi connectivity index (χ1v) is 32.7. The fourth-order valence-corrected chi connectivity index (χ4v) is 9.18. The molecule has 0 rings (SSSR count). The maximum absolute atomic E-state index is 12.8. The Labute approximate surface area is 477 Å². The summed E-state index contributed by atoms with van der Waals surface area (Å²) in [5.74, 6) is -0.884. The Hall–Kier alpha value is -3.67. The molecule has 6 heteroatoms. The van der Waals surface area contributed by atoms with Crippen molar-refractivity contribution in [2.45, 2.75) is 322 Å². The molecule has 0 fully saturated rings. The molecule has 0 aliphatic carbocycles. The van der Waals surface area contributed by atoms with Crippen molar-refractivity contribution >= 4 is 17.9 Å². The van der Waals surface area contributed by atoms with Crippen LogP contribution in [-0.4, -0.2) is 37.2 Å². The molecule has 0 N–H and O–H groups in total. The van der Waals surface area contributed by atoms with E-state index in [1.54, 1.807) is 0 Å². The highest BCUT2D eigenvalue weighted by atomic mass is 16.6. The van der Waals surface area contributed by atoms with Crippen LogP contribution in [0.5, 0.6) is 0 Å². The molecule has 0 aliphatic rings. The first-order chi connectivity index (χ1) is 38.0. The second-order valence-corrected chi connectivity index (χ2v) is 21.6. The number of hydrogen-bond donors (Lipinski definition) is 0. The number of hydrogen-bond acceptors (Lipinski definition) is 6. The van der Waals surface area contributed by atoms with Gasteiger partial charge in [0.15, 0.2) is 6.10 Å². The van der Waals surface area contributed by atoms with Gasteiger partial charge in [0.05, 0.1) is 0 Å². The minimum Gasteiger partial charge on any atom is -0.462 e. The molecule has 0 saturated carbocycles. The van der Waals surface area contributed by atoms with Gasteiger partial charge in [-0.25, -0.2) is 0 Å². The average molecular weight is 1070 g/mol. The predicted molar refractivity (Wildman–Crippen MR) is 334 cm³/mol. The van der Waals surface area contributed by atoms with Gasteiger partial charge in [-0.3, -0.25) is 14.4 Å². The number of allylic oxidation sites excluding steroid dienone is 16. The Balaban J connectivity index is 3.96. The topological polar surface area (TPSA) is 78.9 Å². The second kappa shape index (κ2) is 64.9. The van der Waals surface area contributed by atoms with Crippen LogP contribution in [0.1, 0.15) is 316 Å². The molecule has 0 radical (unpaired) electrons. The zero-order valence-electron chi connectivity index (χ0n) is 50.7. The molecule has 0 aromatic heterocycles. The van der Waals surface area contributed by atoms with E-state index < -0.39 is 6.10 Å². The zero-order chi connectivity index (χ0) is 55.7. The molecular formula is C71H122O6. The number of unbranched alkanes of at least 4 members (excludes halogenated alkanes) is 32. The third-order valence-corrected chi connectivity index (χ3v) is 14.1. The first kappa shape index (κ1) is 73.3. The van der Waals surface area contributed by atoms with Crippen molar-refractivity contribution in [3.63, 3.8) is 0 Å². The third kappa shape index (κ3) is 63.0. The van der Waals surface area contributed by atoms with Crippen LogP contribution in [-0.2, 0) is 28.6 Å². The van der Waals surface area contributed by atoms with Gasteiger partial charge >= 0.3 is 17.9 Å². The van der Waals surface area contributed by atoms with E-state index in [1.807, 2.05) is 0 Å². The molecule has 77 heavy (non-hydrogen) atoms. The lowest BCUT2D eigenvalue weighted by Crippen LogP contribution is -2.30. The first-order valence-electron chi connectivity index (χ1n) is 32.7. The third-order valence-electron chi connectivity index (χ3n) is 14.1. The van der Waals surface area contributed by atoms with Gasteiger partial charge in [-0.2, -0.15) is 0 Å². The Morgan fingerprint density at radius 1 is 0.273 bits per heavy atom. The molecular weight excluding hydrogens is 949 g/mol. The van der Waals surface area contributed by atoms with Crippen LogP contribution in [0.3, 0.4) is 0 Å². The van der Waals surface area contributed by atoms with E-state index >= 15 is 0 Å². The predicted octanol–water partition coefficient (Wildman–Crippen LogP) is 22.4. The summed E-state index contributed by atoms with van der Waals surface area (Å²) < 4.78 is 16.8. The van der Waals surface area contributed by atoms with Crippen LogP contribution in [0.25, 0.3) is 0 Å². The van der Waals surface area contributed by atoms with E-state index in [-0.39, 0.29) is 31.1 Å². The number of rotatable bonds is 59. The summed E-state index contributed by atoms with van der Waals surface area (Å²) in [5.41, 5.74) is 0. The van der Waals surface area contributed by atoms with Gasteiger partial charge in [-0.05, 0) is 103 Å². The van der Waals surface area contributed by atoms with E-state index in [9.17, 15) is 14.4 Å². The molecule has 442 valence electrons. The van der Waals surface area contributed by atoms with Gasteiger partial charge in [0, 0.05) is 19.3 Å². The van der Waals surface area contributed by atoms with Crippen LogP contribution in [0.15, 0.2) is 97.2 Å². The summed E-state index contributed by atoms with van der Waals surface area (Å²) in [4.78, 5) is 37.9. The van der Waals surface area contributed by atoms with E-state index in [2.05, 4.69) is 118 Å². The quantitative estimate of drug-likeness (QED) is 0.0261. The van der Waals surface area contributed by atoms with Crippen LogP contribution in [0.4, 0.5) is 0 Å². The Morgan fingerprint density at radius 2 is 0.506 bits per heavy atom. The van der Waals surface area contributed by atoms with Crippen molar-refractivity contribution in [2.24, 2.45) is 0 Å². The molecule has 0 spiro atoms. The normalized spacial score (nSPS) is 12.7. The highest BCUT2D eigenvalue weighted by molar-refractivity contribution is 5.71. The molecule has 0 heterocycles. The van der Waals surface area contributed by atoms with Crippen molar-refractivity contribution in [3.8, 4) is 0 Å². The van der Waals surface area contributed by atoms with Crippen LogP contribution >= 0.6 is 0 Å². The van der Waals surface area contributed by atoms with Gasteiger partial charge in [-0.15, -0.1) is 0 Å². The van der Waals surface area contributed by atoms with Gasteiger partial charge in [0.2, 0.25) is 0 Å².